The maximum Gasteiger partial charge on any atom is 0.265 e. The van der Waals surface area contributed by atoms with Gasteiger partial charge in [-0.25, -0.2) is 9.67 Å². The minimum absolute atomic E-state index is 0.151. The molecule has 0 atom stereocenters. The van der Waals surface area contributed by atoms with Crippen molar-refractivity contribution in [1.29, 1.82) is 0 Å². The van der Waals surface area contributed by atoms with Crippen molar-refractivity contribution in [2.24, 2.45) is 0 Å². The molecule has 0 saturated heterocycles. The van der Waals surface area contributed by atoms with Gasteiger partial charge in [-0.2, -0.15) is 5.10 Å². The van der Waals surface area contributed by atoms with E-state index in [1.807, 2.05) is 60.7 Å². The van der Waals surface area contributed by atoms with Crippen molar-refractivity contribution in [1.82, 2.24) is 19.3 Å². The molecule has 3 heterocycles. The van der Waals surface area contributed by atoms with E-state index >= 15 is 0 Å². The summed E-state index contributed by atoms with van der Waals surface area (Å²) in [7, 11) is 0. The molecule has 0 unspecified atom stereocenters. The lowest BCUT2D eigenvalue weighted by Crippen LogP contribution is -2.24. The zero-order valence-electron chi connectivity index (χ0n) is 14.9. The van der Waals surface area contributed by atoms with Crippen LogP contribution in [0, 0.1) is 0 Å². The Morgan fingerprint density at radius 2 is 1.64 bits per heavy atom. The number of aromatic nitrogens is 4. The Balaban J connectivity index is 1.76. The van der Waals surface area contributed by atoms with Gasteiger partial charge in [0.25, 0.3) is 5.56 Å². The molecule has 0 amide bonds. The molecular formula is C22H16N4O2. The largest absolute Gasteiger partial charge is 0.461 e. The molecule has 5 rings (SSSR count). The van der Waals surface area contributed by atoms with Crippen molar-refractivity contribution in [3.63, 3.8) is 0 Å². The van der Waals surface area contributed by atoms with Crippen LogP contribution in [0.5, 0.6) is 0 Å². The molecule has 0 spiro atoms. The molecular weight excluding hydrogens is 352 g/mol. The van der Waals surface area contributed by atoms with Crippen molar-refractivity contribution < 1.29 is 4.42 Å². The topological polar surface area (TPSA) is 65.8 Å². The highest BCUT2D eigenvalue weighted by Gasteiger charge is 2.18. The Labute approximate surface area is 160 Å². The van der Waals surface area contributed by atoms with E-state index in [9.17, 15) is 4.79 Å². The quantitative estimate of drug-likeness (QED) is 0.483. The Morgan fingerprint density at radius 3 is 2.36 bits per heavy atom. The van der Waals surface area contributed by atoms with Gasteiger partial charge in [-0.3, -0.25) is 9.36 Å². The van der Waals surface area contributed by atoms with Gasteiger partial charge in [0.15, 0.2) is 17.2 Å². The van der Waals surface area contributed by atoms with Crippen LogP contribution in [-0.2, 0) is 6.54 Å². The van der Waals surface area contributed by atoms with Crippen LogP contribution < -0.4 is 5.56 Å². The fourth-order valence-electron chi connectivity index (χ4n) is 3.27. The van der Waals surface area contributed by atoms with Gasteiger partial charge < -0.3 is 4.42 Å². The molecule has 0 aliphatic heterocycles. The fraction of sp³-hybridized carbons (Fsp3) is 0.0455. The van der Waals surface area contributed by atoms with Gasteiger partial charge in [0, 0.05) is 0 Å². The standard InChI is InChI=1S/C22H16N4O2/c27-22-18-14-23-26(17-10-5-2-6-11-17)20(18)24-21(19-12-7-13-28-19)25(22)15-16-8-3-1-4-9-16/h1-14H,15H2. The van der Waals surface area contributed by atoms with Crippen LogP contribution in [-0.4, -0.2) is 19.3 Å². The van der Waals surface area contributed by atoms with E-state index < -0.39 is 0 Å². The summed E-state index contributed by atoms with van der Waals surface area (Å²) in [5, 5.41) is 4.87. The summed E-state index contributed by atoms with van der Waals surface area (Å²) in [6.07, 6.45) is 3.15. The maximum atomic E-state index is 13.3. The third-order valence-corrected chi connectivity index (χ3v) is 4.61. The average molecular weight is 368 g/mol. The third-order valence-electron chi connectivity index (χ3n) is 4.61. The molecule has 3 aromatic heterocycles. The maximum absolute atomic E-state index is 13.3. The lowest BCUT2D eigenvalue weighted by atomic mass is 10.2. The fourth-order valence-corrected chi connectivity index (χ4v) is 3.27. The molecule has 2 aromatic carbocycles. The van der Waals surface area contributed by atoms with Crippen molar-refractivity contribution >= 4 is 11.0 Å². The average Bonchev–Trinajstić information content (AvgIpc) is 3.41. The molecule has 0 aliphatic rings. The molecule has 0 bridgehead atoms. The number of furan rings is 1. The van der Waals surface area contributed by atoms with Gasteiger partial charge in [0.05, 0.1) is 24.7 Å². The van der Waals surface area contributed by atoms with Crippen LogP contribution in [0.3, 0.4) is 0 Å². The number of rotatable bonds is 4. The van der Waals surface area contributed by atoms with Crippen molar-refractivity contribution in [2.45, 2.75) is 6.54 Å². The summed E-state index contributed by atoms with van der Waals surface area (Å²) in [4.78, 5) is 18.1. The SMILES string of the molecule is O=c1c2cnn(-c3ccccc3)c2nc(-c2ccco2)n1Cc1ccccc1. The third kappa shape index (κ3) is 2.72. The molecule has 28 heavy (non-hydrogen) atoms. The summed E-state index contributed by atoms with van der Waals surface area (Å²) in [5.74, 6) is 1.01. The van der Waals surface area contributed by atoms with Gasteiger partial charge in [0.2, 0.25) is 0 Å². The lowest BCUT2D eigenvalue weighted by Gasteiger charge is -2.12. The first-order chi connectivity index (χ1) is 13.8. The monoisotopic (exact) mass is 368 g/mol. The van der Waals surface area contributed by atoms with E-state index in [0.29, 0.717) is 29.2 Å². The Kier molecular flexibility index (Phi) is 3.87. The van der Waals surface area contributed by atoms with E-state index in [0.717, 1.165) is 11.3 Å². The summed E-state index contributed by atoms with van der Waals surface area (Å²) in [6.45, 7) is 0.398. The number of benzene rings is 2. The zero-order valence-corrected chi connectivity index (χ0v) is 14.9. The van der Waals surface area contributed by atoms with E-state index in [1.165, 1.54) is 0 Å². The highest BCUT2D eigenvalue weighted by Crippen LogP contribution is 2.22. The van der Waals surface area contributed by atoms with Gasteiger partial charge in [-0.15, -0.1) is 0 Å². The van der Waals surface area contributed by atoms with E-state index in [2.05, 4.69) is 5.10 Å². The van der Waals surface area contributed by atoms with E-state index in [-0.39, 0.29) is 5.56 Å². The van der Waals surface area contributed by atoms with Crippen molar-refractivity contribution in [3.8, 4) is 17.3 Å². The van der Waals surface area contributed by atoms with Crippen molar-refractivity contribution in [2.75, 3.05) is 0 Å². The minimum Gasteiger partial charge on any atom is -0.461 e. The highest BCUT2D eigenvalue weighted by atomic mass is 16.3. The number of hydrogen-bond donors (Lipinski definition) is 0. The lowest BCUT2D eigenvalue weighted by molar-refractivity contribution is 0.568. The van der Waals surface area contributed by atoms with Gasteiger partial charge in [0.1, 0.15) is 5.39 Å². The first-order valence-electron chi connectivity index (χ1n) is 8.93. The number of para-hydroxylation sites is 1. The second kappa shape index (κ2) is 6.66. The summed E-state index contributed by atoms with van der Waals surface area (Å²) < 4.78 is 8.88. The van der Waals surface area contributed by atoms with Gasteiger partial charge in [-0.05, 0) is 29.8 Å². The van der Waals surface area contributed by atoms with Crippen LogP contribution in [0.25, 0.3) is 28.3 Å². The minimum atomic E-state index is -0.151. The summed E-state index contributed by atoms with van der Waals surface area (Å²) in [5.41, 5.74) is 2.21. The molecule has 0 aliphatic carbocycles. The van der Waals surface area contributed by atoms with Crippen LogP contribution >= 0.6 is 0 Å². The molecule has 0 N–H and O–H groups in total. The summed E-state index contributed by atoms with van der Waals surface area (Å²) in [6, 6.07) is 23.0. The number of fused-ring (bicyclic) bond motifs is 1. The second-order valence-corrected chi connectivity index (χ2v) is 6.42. The van der Waals surface area contributed by atoms with Crippen LogP contribution in [0.2, 0.25) is 0 Å². The van der Waals surface area contributed by atoms with E-state index in [1.54, 1.807) is 33.8 Å². The van der Waals surface area contributed by atoms with Crippen LogP contribution in [0.15, 0.2) is 94.5 Å². The Bertz CT molecular complexity index is 1290. The number of nitrogens with zero attached hydrogens (tertiary/aromatic N) is 4. The van der Waals surface area contributed by atoms with Crippen LogP contribution in [0.4, 0.5) is 0 Å². The van der Waals surface area contributed by atoms with Gasteiger partial charge in [-0.1, -0.05) is 48.5 Å². The van der Waals surface area contributed by atoms with Crippen molar-refractivity contribution in [3.05, 3.63) is 101 Å². The molecule has 0 fully saturated rings. The number of hydrogen-bond acceptors (Lipinski definition) is 4. The molecule has 6 heteroatoms. The Morgan fingerprint density at radius 1 is 0.893 bits per heavy atom. The predicted octanol–water partition coefficient (Wildman–Crippen LogP) is 3.89. The van der Waals surface area contributed by atoms with E-state index in [4.69, 9.17) is 9.40 Å². The smallest absolute Gasteiger partial charge is 0.265 e. The molecule has 0 saturated carbocycles. The predicted molar refractivity (Wildman–Crippen MR) is 106 cm³/mol. The zero-order chi connectivity index (χ0) is 18.9. The molecule has 136 valence electrons. The molecule has 6 nitrogen and oxygen atoms in total. The second-order valence-electron chi connectivity index (χ2n) is 6.42. The first kappa shape index (κ1) is 16.3. The first-order valence-corrected chi connectivity index (χ1v) is 8.93. The summed E-state index contributed by atoms with van der Waals surface area (Å²) >= 11 is 0. The van der Waals surface area contributed by atoms with Crippen LogP contribution in [0.1, 0.15) is 5.56 Å². The Hall–Kier alpha value is -3.93. The molecule has 5 aromatic rings. The molecule has 0 radical (unpaired) electrons. The van der Waals surface area contributed by atoms with Gasteiger partial charge >= 0.3 is 0 Å². The normalized spacial score (nSPS) is 11.1. The highest BCUT2D eigenvalue weighted by molar-refractivity contribution is 5.77.